The first-order valence-corrected chi connectivity index (χ1v) is 5.18. The Morgan fingerprint density at radius 1 is 1.17 bits per heavy atom. The Morgan fingerprint density at radius 3 is 2.17 bits per heavy atom. The summed E-state index contributed by atoms with van der Waals surface area (Å²) in [5, 5.41) is 0. The average Bonchev–Trinajstić information content (AvgIpc) is 1.98. The van der Waals surface area contributed by atoms with Gasteiger partial charge < -0.3 is 5.73 Å². The predicted octanol–water partition coefficient (Wildman–Crippen LogP) is 3.19. The fourth-order valence-corrected chi connectivity index (χ4v) is 1.26. The zero-order valence-electron chi connectivity index (χ0n) is 9.19. The summed E-state index contributed by atoms with van der Waals surface area (Å²) in [6.45, 7) is 9.89. The molecule has 0 spiro atoms. The monoisotopic (exact) mass is 171 g/mol. The van der Waals surface area contributed by atoms with Crippen molar-refractivity contribution in [1.82, 2.24) is 0 Å². The molecule has 1 nitrogen and oxygen atoms in total. The van der Waals surface area contributed by atoms with E-state index in [0.29, 0.717) is 5.41 Å². The van der Waals surface area contributed by atoms with Gasteiger partial charge >= 0.3 is 0 Å². The van der Waals surface area contributed by atoms with E-state index in [-0.39, 0.29) is 0 Å². The molecule has 74 valence electrons. The smallest absolute Gasteiger partial charge is 0.00258 e. The zero-order chi connectivity index (χ0) is 9.61. The van der Waals surface area contributed by atoms with Gasteiger partial charge in [-0.05, 0) is 24.3 Å². The number of hydrogen-bond donors (Lipinski definition) is 1. The van der Waals surface area contributed by atoms with Crippen molar-refractivity contribution in [3.05, 3.63) is 0 Å². The van der Waals surface area contributed by atoms with E-state index >= 15 is 0 Å². The van der Waals surface area contributed by atoms with Crippen molar-refractivity contribution < 1.29 is 0 Å². The second-order valence-corrected chi connectivity index (χ2v) is 5.01. The van der Waals surface area contributed by atoms with Gasteiger partial charge in [-0.1, -0.05) is 47.0 Å². The molecular weight excluding hydrogens is 146 g/mol. The Hall–Kier alpha value is -0.0400. The number of rotatable bonds is 6. The summed E-state index contributed by atoms with van der Waals surface area (Å²) in [4.78, 5) is 0. The Bertz CT molecular complexity index is 106. The molecule has 0 aromatic heterocycles. The lowest BCUT2D eigenvalue weighted by molar-refractivity contribution is 0.327. The molecule has 0 fully saturated rings. The lowest BCUT2D eigenvalue weighted by Crippen LogP contribution is -2.23. The van der Waals surface area contributed by atoms with Gasteiger partial charge in [0.25, 0.3) is 0 Å². The summed E-state index contributed by atoms with van der Waals surface area (Å²) < 4.78 is 0. The van der Waals surface area contributed by atoms with Crippen LogP contribution in [0, 0.1) is 11.3 Å². The summed E-state index contributed by atoms with van der Waals surface area (Å²) in [6, 6.07) is 0. The first kappa shape index (κ1) is 12.0. The van der Waals surface area contributed by atoms with E-state index in [0.717, 1.165) is 12.5 Å². The van der Waals surface area contributed by atoms with Crippen molar-refractivity contribution in [1.29, 1.82) is 0 Å². The molecule has 0 aliphatic carbocycles. The Balaban J connectivity index is 3.31. The van der Waals surface area contributed by atoms with Crippen LogP contribution in [0.4, 0.5) is 0 Å². The molecule has 2 N–H and O–H groups in total. The van der Waals surface area contributed by atoms with Gasteiger partial charge in [-0.2, -0.15) is 0 Å². The summed E-state index contributed by atoms with van der Waals surface area (Å²) in [5.41, 5.74) is 6.01. The van der Waals surface area contributed by atoms with Gasteiger partial charge in [0.15, 0.2) is 0 Å². The number of unbranched alkanes of at least 4 members (excludes halogenated alkanes) is 1. The van der Waals surface area contributed by atoms with Crippen LogP contribution in [-0.2, 0) is 0 Å². The summed E-state index contributed by atoms with van der Waals surface area (Å²) in [7, 11) is 0. The third kappa shape index (κ3) is 6.66. The minimum Gasteiger partial charge on any atom is -0.330 e. The predicted molar refractivity (Wildman–Crippen MR) is 56.1 cm³/mol. The molecular formula is C11H25N. The van der Waals surface area contributed by atoms with Gasteiger partial charge in [0.05, 0.1) is 0 Å². The van der Waals surface area contributed by atoms with Crippen molar-refractivity contribution in [2.75, 3.05) is 6.54 Å². The van der Waals surface area contributed by atoms with Gasteiger partial charge in [0.1, 0.15) is 0 Å². The molecule has 0 aliphatic rings. The van der Waals surface area contributed by atoms with Gasteiger partial charge in [-0.3, -0.25) is 0 Å². The lowest BCUT2D eigenvalue weighted by atomic mass is 9.87. The fraction of sp³-hybridized carbons (Fsp3) is 1.00. The Morgan fingerprint density at radius 2 is 1.75 bits per heavy atom. The number of nitrogens with two attached hydrogens (primary N) is 1. The van der Waals surface area contributed by atoms with Crippen LogP contribution in [0.3, 0.4) is 0 Å². The maximum absolute atomic E-state index is 5.65. The second kappa shape index (κ2) is 5.58. The van der Waals surface area contributed by atoms with Crippen molar-refractivity contribution in [2.45, 2.75) is 53.4 Å². The van der Waals surface area contributed by atoms with E-state index < -0.39 is 0 Å². The van der Waals surface area contributed by atoms with Gasteiger partial charge in [-0.25, -0.2) is 0 Å². The maximum Gasteiger partial charge on any atom is -0.00258 e. The van der Waals surface area contributed by atoms with Crippen LogP contribution < -0.4 is 5.73 Å². The highest BCUT2D eigenvalue weighted by molar-refractivity contribution is 4.68. The summed E-state index contributed by atoms with van der Waals surface area (Å²) >= 11 is 0. The van der Waals surface area contributed by atoms with Gasteiger partial charge in [-0.15, -0.1) is 0 Å². The molecule has 0 aromatic carbocycles. The van der Waals surface area contributed by atoms with E-state index in [1.54, 1.807) is 0 Å². The summed E-state index contributed by atoms with van der Waals surface area (Å²) in [5.74, 6) is 0.853. The van der Waals surface area contributed by atoms with Crippen LogP contribution in [0.15, 0.2) is 0 Å². The highest BCUT2D eigenvalue weighted by atomic mass is 14.6. The molecule has 12 heavy (non-hydrogen) atoms. The molecule has 0 aromatic rings. The first-order chi connectivity index (χ1) is 5.48. The molecule has 0 bridgehead atoms. The van der Waals surface area contributed by atoms with Crippen LogP contribution in [0.1, 0.15) is 53.4 Å². The van der Waals surface area contributed by atoms with Crippen LogP contribution in [0.25, 0.3) is 0 Å². The van der Waals surface area contributed by atoms with Gasteiger partial charge in [0, 0.05) is 0 Å². The maximum atomic E-state index is 5.65. The van der Waals surface area contributed by atoms with E-state index in [4.69, 9.17) is 5.73 Å². The van der Waals surface area contributed by atoms with Crippen LogP contribution >= 0.6 is 0 Å². The molecule has 0 amide bonds. The highest BCUT2D eigenvalue weighted by Gasteiger charge is 2.14. The third-order valence-corrected chi connectivity index (χ3v) is 2.44. The van der Waals surface area contributed by atoms with E-state index in [1.807, 2.05) is 0 Å². The van der Waals surface area contributed by atoms with E-state index in [2.05, 4.69) is 27.7 Å². The SMILES string of the molecule is CC(C)CCCCC(C)(C)CN. The van der Waals surface area contributed by atoms with Crippen molar-refractivity contribution in [3.63, 3.8) is 0 Å². The minimum absolute atomic E-state index is 0.358. The zero-order valence-corrected chi connectivity index (χ0v) is 9.19. The molecule has 0 aliphatic heterocycles. The number of hydrogen-bond acceptors (Lipinski definition) is 1. The Kier molecular flexibility index (Phi) is 5.56. The largest absolute Gasteiger partial charge is 0.330 e. The lowest BCUT2D eigenvalue weighted by Gasteiger charge is -2.22. The second-order valence-electron chi connectivity index (χ2n) is 5.01. The highest BCUT2D eigenvalue weighted by Crippen LogP contribution is 2.22. The van der Waals surface area contributed by atoms with Crippen molar-refractivity contribution >= 4 is 0 Å². The van der Waals surface area contributed by atoms with Crippen molar-refractivity contribution in [2.24, 2.45) is 17.1 Å². The molecule has 0 saturated heterocycles. The van der Waals surface area contributed by atoms with Crippen LogP contribution in [-0.4, -0.2) is 6.54 Å². The van der Waals surface area contributed by atoms with Gasteiger partial charge in [0.2, 0.25) is 0 Å². The molecule has 0 atom stereocenters. The molecule has 0 heterocycles. The topological polar surface area (TPSA) is 26.0 Å². The average molecular weight is 171 g/mol. The van der Waals surface area contributed by atoms with Crippen LogP contribution in [0.2, 0.25) is 0 Å². The molecule has 0 saturated carbocycles. The quantitative estimate of drug-likeness (QED) is 0.610. The normalized spacial score (nSPS) is 12.5. The third-order valence-electron chi connectivity index (χ3n) is 2.44. The molecule has 0 radical (unpaired) electrons. The Labute approximate surface area is 77.7 Å². The molecule has 0 rings (SSSR count). The van der Waals surface area contributed by atoms with E-state index in [1.165, 1.54) is 25.7 Å². The minimum atomic E-state index is 0.358. The first-order valence-electron chi connectivity index (χ1n) is 5.18. The molecule has 0 unspecified atom stereocenters. The summed E-state index contributed by atoms with van der Waals surface area (Å²) in [6.07, 6.45) is 5.33. The molecule has 1 heteroatoms. The van der Waals surface area contributed by atoms with E-state index in [9.17, 15) is 0 Å². The fourth-order valence-electron chi connectivity index (χ4n) is 1.26. The van der Waals surface area contributed by atoms with Crippen molar-refractivity contribution in [3.8, 4) is 0 Å². The van der Waals surface area contributed by atoms with Crippen LogP contribution in [0.5, 0.6) is 0 Å². The standard InChI is InChI=1S/C11H25N/c1-10(2)7-5-6-8-11(3,4)9-12/h10H,5-9,12H2,1-4H3.